The number of hydrogen-bond donors (Lipinski definition) is 0. The first kappa shape index (κ1) is 19.8. The molecule has 28 heavy (non-hydrogen) atoms. The molecule has 2 aromatic rings. The molecule has 1 heterocycles. The molecule has 1 aliphatic rings. The van der Waals surface area contributed by atoms with Crippen LogP contribution in [0.1, 0.15) is 15.9 Å². The molecule has 148 valence electrons. The zero-order chi connectivity index (χ0) is 19.9. The minimum atomic E-state index is -0.0659. The number of morpholine rings is 1. The quantitative estimate of drug-likeness (QED) is 0.539. The standard InChI is InChI=1S/C22H25NO5/c1-25-20-13-16(14-21(26-2)22(20)27-3)7-8-19(24)17-5-4-6-18(15-17)23-9-11-28-12-10-23/h4-8,13-15H,9-12H2,1-3H3/b8-7+. The van der Waals surface area contributed by atoms with E-state index in [0.717, 1.165) is 24.3 Å². The summed E-state index contributed by atoms with van der Waals surface area (Å²) >= 11 is 0. The molecule has 2 aromatic carbocycles. The summed E-state index contributed by atoms with van der Waals surface area (Å²) in [6.07, 6.45) is 3.30. The van der Waals surface area contributed by atoms with E-state index in [-0.39, 0.29) is 5.78 Å². The van der Waals surface area contributed by atoms with Crippen LogP contribution >= 0.6 is 0 Å². The molecule has 6 heteroatoms. The van der Waals surface area contributed by atoms with Gasteiger partial charge in [0.05, 0.1) is 34.5 Å². The van der Waals surface area contributed by atoms with Gasteiger partial charge in [-0.3, -0.25) is 4.79 Å². The molecular formula is C22H25NO5. The number of hydrogen-bond acceptors (Lipinski definition) is 6. The van der Waals surface area contributed by atoms with E-state index in [1.807, 2.05) is 24.3 Å². The van der Waals surface area contributed by atoms with Crippen LogP contribution in [0.3, 0.4) is 0 Å². The average molecular weight is 383 g/mol. The van der Waals surface area contributed by atoms with E-state index in [1.54, 1.807) is 45.6 Å². The first-order valence-electron chi connectivity index (χ1n) is 9.11. The molecule has 0 radical (unpaired) electrons. The number of carbonyl (C=O) groups is 1. The van der Waals surface area contributed by atoms with Gasteiger partial charge >= 0.3 is 0 Å². The molecule has 0 unspecified atom stereocenters. The van der Waals surface area contributed by atoms with Crippen molar-refractivity contribution in [2.75, 3.05) is 52.5 Å². The Balaban J connectivity index is 1.80. The molecule has 0 amide bonds. The molecule has 6 nitrogen and oxygen atoms in total. The van der Waals surface area contributed by atoms with E-state index in [2.05, 4.69) is 4.90 Å². The number of ketones is 1. The summed E-state index contributed by atoms with van der Waals surface area (Å²) in [5.41, 5.74) is 2.47. The molecule has 1 aliphatic heterocycles. The average Bonchev–Trinajstić information content (AvgIpc) is 2.77. The summed E-state index contributed by atoms with van der Waals surface area (Å²) in [4.78, 5) is 14.9. The number of ether oxygens (including phenoxy) is 4. The maximum atomic E-state index is 12.7. The van der Waals surface area contributed by atoms with Crippen LogP contribution in [0.4, 0.5) is 5.69 Å². The van der Waals surface area contributed by atoms with E-state index in [1.165, 1.54) is 0 Å². The number of rotatable bonds is 7. The van der Waals surface area contributed by atoms with Crippen LogP contribution < -0.4 is 19.1 Å². The summed E-state index contributed by atoms with van der Waals surface area (Å²) in [5.74, 6) is 1.54. The smallest absolute Gasteiger partial charge is 0.203 e. The van der Waals surface area contributed by atoms with Crippen molar-refractivity contribution in [3.8, 4) is 17.2 Å². The fourth-order valence-corrected chi connectivity index (χ4v) is 3.14. The van der Waals surface area contributed by atoms with Crippen molar-refractivity contribution in [1.82, 2.24) is 0 Å². The fraction of sp³-hybridized carbons (Fsp3) is 0.318. The van der Waals surface area contributed by atoms with Gasteiger partial charge in [-0.1, -0.05) is 18.2 Å². The lowest BCUT2D eigenvalue weighted by molar-refractivity contribution is 0.104. The van der Waals surface area contributed by atoms with E-state index >= 15 is 0 Å². The van der Waals surface area contributed by atoms with Crippen LogP contribution in [-0.4, -0.2) is 53.4 Å². The maximum Gasteiger partial charge on any atom is 0.203 e. The molecule has 0 aromatic heterocycles. The Bertz CT molecular complexity index is 831. The van der Waals surface area contributed by atoms with Crippen molar-refractivity contribution >= 4 is 17.5 Å². The number of nitrogens with zero attached hydrogens (tertiary/aromatic N) is 1. The van der Waals surface area contributed by atoms with Crippen LogP contribution in [0.5, 0.6) is 17.2 Å². The second-order valence-electron chi connectivity index (χ2n) is 6.31. The van der Waals surface area contributed by atoms with Crippen molar-refractivity contribution in [3.05, 3.63) is 53.6 Å². The third kappa shape index (κ3) is 4.46. The molecular weight excluding hydrogens is 358 g/mol. The molecule has 0 N–H and O–H groups in total. The van der Waals surface area contributed by atoms with Gasteiger partial charge in [0, 0.05) is 24.3 Å². The number of anilines is 1. The molecule has 1 saturated heterocycles. The highest BCUT2D eigenvalue weighted by Gasteiger charge is 2.14. The number of allylic oxidation sites excluding steroid dienone is 1. The van der Waals surface area contributed by atoms with Crippen LogP contribution in [0.2, 0.25) is 0 Å². The molecule has 0 saturated carbocycles. The van der Waals surface area contributed by atoms with Crippen molar-refractivity contribution in [3.63, 3.8) is 0 Å². The lowest BCUT2D eigenvalue weighted by Crippen LogP contribution is -2.36. The van der Waals surface area contributed by atoms with Crippen molar-refractivity contribution in [2.45, 2.75) is 0 Å². The summed E-state index contributed by atoms with van der Waals surface area (Å²) in [6.45, 7) is 3.08. The van der Waals surface area contributed by atoms with E-state index in [0.29, 0.717) is 36.0 Å². The Morgan fingerprint density at radius 3 is 2.29 bits per heavy atom. The molecule has 1 fully saturated rings. The summed E-state index contributed by atoms with van der Waals surface area (Å²) in [7, 11) is 4.68. The van der Waals surface area contributed by atoms with Gasteiger partial charge in [-0.2, -0.15) is 0 Å². The predicted molar refractivity (Wildman–Crippen MR) is 109 cm³/mol. The van der Waals surface area contributed by atoms with Crippen LogP contribution in [0.15, 0.2) is 42.5 Å². The van der Waals surface area contributed by atoms with E-state index in [4.69, 9.17) is 18.9 Å². The predicted octanol–water partition coefficient (Wildman–Crippen LogP) is 3.45. The lowest BCUT2D eigenvalue weighted by atomic mass is 10.1. The second kappa shape index (κ2) is 9.28. The van der Waals surface area contributed by atoms with Gasteiger partial charge in [-0.15, -0.1) is 0 Å². The largest absolute Gasteiger partial charge is 0.493 e. The minimum absolute atomic E-state index is 0.0659. The topological polar surface area (TPSA) is 57.2 Å². The first-order valence-corrected chi connectivity index (χ1v) is 9.11. The van der Waals surface area contributed by atoms with E-state index in [9.17, 15) is 4.79 Å². The normalized spacial score (nSPS) is 14.2. The molecule has 0 bridgehead atoms. The highest BCUT2D eigenvalue weighted by Crippen LogP contribution is 2.38. The highest BCUT2D eigenvalue weighted by molar-refractivity contribution is 6.07. The van der Waals surface area contributed by atoms with Crippen molar-refractivity contribution in [2.24, 2.45) is 0 Å². The third-order valence-corrected chi connectivity index (χ3v) is 4.62. The summed E-state index contributed by atoms with van der Waals surface area (Å²) in [5, 5.41) is 0. The number of benzene rings is 2. The Morgan fingerprint density at radius 1 is 1.00 bits per heavy atom. The lowest BCUT2D eigenvalue weighted by Gasteiger charge is -2.29. The Hall–Kier alpha value is -2.99. The third-order valence-electron chi connectivity index (χ3n) is 4.62. The molecule has 0 spiro atoms. The second-order valence-corrected chi connectivity index (χ2v) is 6.31. The van der Waals surface area contributed by atoms with Gasteiger partial charge in [-0.05, 0) is 35.9 Å². The van der Waals surface area contributed by atoms with Crippen molar-refractivity contribution < 1.29 is 23.7 Å². The van der Waals surface area contributed by atoms with Gasteiger partial charge in [-0.25, -0.2) is 0 Å². The zero-order valence-corrected chi connectivity index (χ0v) is 16.4. The van der Waals surface area contributed by atoms with Crippen LogP contribution in [-0.2, 0) is 4.74 Å². The highest BCUT2D eigenvalue weighted by atomic mass is 16.5. The van der Waals surface area contributed by atoms with Gasteiger partial charge in [0.15, 0.2) is 17.3 Å². The van der Waals surface area contributed by atoms with Crippen LogP contribution in [0.25, 0.3) is 6.08 Å². The maximum absolute atomic E-state index is 12.7. The van der Waals surface area contributed by atoms with Gasteiger partial charge < -0.3 is 23.8 Å². The Labute approximate surface area is 165 Å². The monoisotopic (exact) mass is 383 g/mol. The van der Waals surface area contributed by atoms with Gasteiger partial charge in [0.2, 0.25) is 5.75 Å². The zero-order valence-electron chi connectivity index (χ0n) is 16.4. The Kier molecular flexibility index (Phi) is 6.55. The first-order chi connectivity index (χ1) is 13.7. The van der Waals surface area contributed by atoms with Gasteiger partial charge in [0.1, 0.15) is 0 Å². The van der Waals surface area contributed by atoms with Crippen molar-refractivity contribution in [1.29, 1.82) is 0 Å². The fourth-order valence-electron chi connectivity index (χ4n) is 3.14. The van der Waals surface area contributed by atoms with Gasteiger partial charge in [0.25, 0.3) is 0 Å². The Morgan fingerprint density at radius 2 is 1.68 bits per heavy atom. The van der Waals surface area contributed by atoms with Crippen LogP contribution in [0, 0.1) is 0 Å². The van der Waals surface area contributed by atoms with E-state index < -0.39 is 0 Å². The SMILES string of the molecule is COc1cc(/C=C/C(=O)c2cccc(N3CCOCC3)c2)cc(OC)c1OC. The molecule has 3 rings (SSSR count). The molecule has 0 aliphatic carbocycles. The summed E-state index contributed by atoms with van der Waals surface area (Å²) < 4.78 is 21.4. The minimum Gasteiger partial charge on any atom is -0.493 e. The number of carbonyl (C=O) groups excluding carboxylic acids is 1. The number of methoxy groups -OCH3 is 3. The summed E-state index contributed by atoms with van der Waals surface area (Å²) in [6, 6.07) is 11.3. The molecule has 0 atom stereocenters.